The highest BCUT2D eigenvalue weighted by Gasteiger charge is 2.40. The molecule has 1 aromatic heterocycles. The third-order valence-electron chi connectivity index (χ3n) is 5.46. The van der Waals surface area contributed by atoms with Crippen LogP contribution in [0.15, 0.2) is 46.7 Å². The van der Waals surface area contributed by atoms with Gasteiger partial charge < -0.3 is 5.32 Å². The number of carbonyl (C=O) groups excluding carboxylic acids is 1. The number of nitrogens with one attached hydrogen (secondary N) is 1. The second-order valence-corrected chi connectivity index (χ2v) is 9.87. The number of anilines is 1. The van der Waals surface area contributed by atoms with Gasteiger partial charge in [0.1, 0.15) is 16.4 Å². The van der Waals surface area contributed by atoms with Crippen LogP contribution in [-0.2, 0) is 4.79 Å². The second-order valence-electron chi connectivity index (χ2n) is 7.45. The molecule has 1 aliphatic heterocycles. The van der Waals surface area contributed by atoms with Gasteiger partial charge in [-0.05, 0) is 37.3 Å². The molecule has 142 valence electrons. The predicted octanol–water partition coefficient (Wildman–Crippen LogP) is 5.36. The van der Waals surface area contributed by atoms with Crippen LogP contribution >= 0.6 is 23.5 Å². The van der Waals surface area contributed by atoms with Gasteiger partial charge in [-0.1, -0.05) is 50.2 Å². The van der Waals surface area contributed by atoms with Crippen LogP contribution in [-0.4, -0.2) is 26.4 Å². The van der Waals surface area contributed by atoms with Crippen molar-refractivity contribution in [3.8, 4) is 0 Å². The van der Waals surface area contributed by atoms with E-state index in [0.717, 1.165) is 28.1 Å². The zero-order valence-electron chi connectivity index (χ0n) is 15.7. The van der Waals surface area contributed by atoms with Gasteiger partial charge in [0.15, 0.2) is 0 Å². The van der Waals surface area contributed by atoms with Crippen molar-refractivity contribution < 1.29 is 4.79 Å². The molecule has 0 bridgehead atoms. The van der Waals surface area contributed by atoms with Gasteiger partial charge in [0.05, 0.1) is 5.25 Å². The number of rotatable bonds is 5. The lowest BCUT2D eigenvalue weighted by Crippen LogP contribution is -2.25. The molecule has 4 atom stereocenters. The fraction of sp³-hybridized carbons (Fsp3) is 0.476. The van der Waals surface area contributed by atoms with Crippen molar-refractivity contribution in [1.29, 1.82) is 0 Å². The summed E-state index contributed by atoms with van der Waals surface area (Å²) in [4.78, 5) is 21.9. The fourth-order valence-corrected chi connectivity index (χ4v) is 6.78. The van der Waals surface area contributed by atoms with Gasteiger partial charge in [-0.2, -0.15) is 0 Å². The summed E-state index contributed by atoms with van der Waals surface area (Å²) in [5.74, 6) is 1.37. The quantitative estimate of drug-likeness (QED) is 0.541. The average molecular weight is 400 g/mol. The molecule has 1 aliphatic carbocycles. The number of nitrogens with zero attached hydrogens (tertiary/aromatic N) is 2. The zero-order chi connectivity index (χ0) is 18.8. The van der Waals surface area contributed by atoms with Gasteiger partial charge in [-0.25, -0.2) is 9.97 Å². The summed E-state index contributed by atoms with van der Waals surface area (Å²) >= 11 is 3.52. The van der Waals surface area contributed by atoms with Gasteiger partial charge in [0.25, 0.3) is 0 Å². The highest BCUT2D eigenvalue weighted by Crippen LogP contribution is 2.54. The first-order chi connectivity index (χ1) is 13.2. The maximum atomic E-state index is 12.8. The molecule has 2 aliphatic rings. The highest BCUT2D eigenvalue weighted by molar-refractivity contribution is 8.01. The lowest BCUT2D eigenvalue weighted by molar-refractivity contribution is -0.115. The Morgan fingerprint density at radius 1 is 1.30 bits per heavy atom. The number of carbonyl (C=O) groups is 1. The molecule has 0 spiro atoms. The number of para-hydroxylation sites is 1. The fourth-order valence-electron chi connectivity index (χ4n) is 4.00. The lowest BCUT2D eigenvalue weighted by atomic mass is 9.80. The van der Waals surface area contributed by atoms with Gasteiger partial charge in [-0.15, -0.1) is 11.8 Å². The number of hydrogen-bond acceptors (Lipinski definition) is 5. The SMILES string of the molecule is CCC(Sc1ncnc2c1C1CCC(C)CC1S2)C(=O)Nc1ccccc1. The Bertz CT molecular complexity index is 814. The van der Waals surface area contributed by atoms with E-state index in [4.69, 9.17) is 0 Å². The van der Waals surface area contributed by atoms with Gasteiger partial charge in [0, 0.05) is 22.4 Å². The van der Waals surface area contributed by atoms with Crippen molar-refractivity contribution >= 4 is 35.1 Å². The Morgan fingerprint density at radius 2 is 2.11 bits per heavy atom. The topological polar surface area (TPSA) is 54.9 Å². The van der Waals surface area contributed by atoms with Crippen LogP contribution in [0.5, 0.6) is 0 Å². The first-order valence-corrected chi connectivity index (χ1v) is 11.5. The number of benzene rings is 1. The number of thioether (sulfide) groups is 2. The summed E-state index contributed by atoms with van der Waals surface area (Å²) < 4.78 is 0. The largest absolute Gasteiger partial charge is 0.325 e. The molecular formula is C21H25N3OS2. The molecule has 1 amide bonds. The third-order valence-corrected chi connectivity index (χ3v) is 8.21. The molecule has 27 heavy (non-hydrogen) atoms. The first kappa shape index (κ1) is 18.8. The molecule has 4 nitrogen and oxygen atoms in total. The van der Waals surface area contributed by atoms with E-state index in [-0.39, 0.29) is 11.2 Å². The molecule has 0 radical (unpaired) electrons. The van der Waals surface area contributed by atoms with Crippen molar-refractivity contribution in [1.82, 2.24) is 9.97 Å². The van der Waals surface area contributed by atoms with Crippen molar-refractivity contribution in [2.24, 2.45) is 5.92 Å². The Hall–Kier alpha value is -1.53. The summed E-state index contributed by atoms with van der Waals surface area (Å²) in [6.45, 7) is 4.41. The van der Waals surface area contributed by atoms with E-state index < -0.39 is 0 Å². The third kappa shape index (κ3) is 4.02. The molecule has 6 heteroatoms. The molecule has 4 unspecified atom stereocenters. The molecular weight excluding hydrogens is 374 g/mol. The first-order valence-electron chi connectivity index (χ1n) is 9.69. The maximum Gasteiger partial charge on any atom is 0.237 e. The number of hydrogen-bond donors (Lipinski definition) is 1. The normalized spacial score (nSPS) is 24.7. The summed E-state index contributed by atoms with van der Waals surface area (Å²) in [5, 5.41) is 5.64. The molecule has 1 aromatic carbocycles. The van der Waals surface area contributed by atoms with Crippen molar-refractivity contribution in [2.75, 3.05) is 5.32 Å². The van der Waals surface area contributed by atoms with Gasteiger partial charge in [0.2, 0.25) is 5.91 Å². The standard InChI is InChI=1S/C21H25N3OS2/c1-3-16(19(25)24-14-7-5-4-6-8-14)26-20-18-15-10-9-13(2)11-17(15)27-21(18)23-12-22-20/h4-8,12-13,15-17H,3,9-11H2,1-2H3,(H,24,25). The minimum Gasteiger partial charge on any atom is -0.325 e. The van der Waals surface area contributed by atoms with Gasteiger partial charge >= 0.3 is 0 Å². The van der Waals surface area contributed by atoms with Crippen LogP contribution in [0, 0.1) is 5.92 Å². The van der Waals surface area contributed by atoms with E-state index in [2.05, 4.69) is 29.1 Å². The van der Waals surface area contributed by atoms with Crippen LogP contribution in [0.25, 0.3) is 0 Å². The van der Waals surface area contributed by atoms with Crippen LogP contribution in [0.1, 0.15) is 51.0 Å². The minimum atomic E-state index is -0.157. The molecule has 1 fully saturated rings. The minimum absolute atomic E-state index is 0.0422. The van der Waals surface area contributed by atoms with Crippen LogP contribution < -0.4 is 5.32 Å². The zero-order valence-corrected chi connectivity index (χ0v) is 17.4. The van der Waals surface area contributed by atoms with Gasteiger partial charge in [-0.3, -0.25) is 4.79 Å². The van der Waals surface area contributed by atoms with E-state index in [0.29, 0.717) is 11.2 Å². The van der Waals surface area contributed by atoms with Crippen molar-refractivity contribution in [3.63, 3.8) is 0 Å². The molecule has 0 saturated heterocycles. The Morgan fingerprint density at radius 3 is 2.89 bits per heavy atom. The second kappa shape index (κ2) is 8.23. The van der Waals surface area contributed by atoms with E-state index in [1.165, 1.54) is 24.8 Å². The van der Waals surface area contributed by atoms with E-state index in [1.807, 2.05) is 42.1 Å². The maximum absolute atomic E-state index is 12.8. The van der Waals surface area contributed by atoms with Crippen LogP contribution in [0.3, 0.4) is 0 Å². The van der Waals surface area contributed by atoms with Crippen LogP contribution in [0.2, 0.25) is 0 Å². The highest BCUT2D eigenvalue weighted by atomic mass is 32.2. The summed E-state index contributed by atoms with van der Waals surface area (Å²) in [7, 11) is 0. The molecule has 1 saturated carbocycles. The molecule has 1 N–H and O–H groups in total. The molecule has 2 aromatic rings. The number of amides is 1. The predicted molar refractivity (Wildman–Crippen MR) is 112 cm³/mol. The van der Waals surface area contributed by atoms with Crippen molar-refractivity contribution in [2.45, 2.75) is 66.0 Å². The molecule has 4 rings (SSSR count). The monoisotopic (exact) mass is 399 g/mol. The Balaban J connectivity index is 1.53. The Kier molecular flexibility index (Phi) is 5.74. The van der Waals surface area contributed by atoms with E-state index in [9.17, 15) is 4.79 Å². The average Bonchev–Trinajstić information content (AvgIpc) is 3.04. The molecule has 2 heterocycles. The van der Waals surface area contributed by atoms with E-state index in [1.54, 1.807) is 18.1 Å². The summed E-state index contributed by atoms with van der Waals surface area (Å²) in [6, 6.07) is 9.65. The van der Waals surface area contributed by atoms with Crippen molar-refractivity contribution in [3.05, 3.63) is 42.2 Å². The number of fused-ring (bicyclic) bond motifs is 3. The van der Waals surface area contributed by atoms with E-state index >= 15 is 0 Å². The number of aromatic nitrogens is 2. The Labute approximate surface area is 169 Å². The summed E-state index contributed by atoms with van der Waals surface area (Å²) in [6.07, 6.45) is 6.16. The summed E-state index contributed by atoms with van der Waals surface area (Å²) in [5.41, 5.74) is 2.14. The van der Waals surface area contributed by atoms with Crippen LogP contribution in [0.4, 0.5) is 5.69 Å². The lowest BCUT2D eigenvalue weighted by Gasteiger charge is -2.29. The smallest absolute Gasteiger partial charge is 0.237 e.